The lowest BCUT2D eigenvalue weighted by Gasteiger charge is -2.26. The van der Waals surface area contributed by atoms with E-state index in [1.165, 1.54) is 19.3 Å². The number of anilines is 1. The minimum absolute atomic E-state index is 0. The highest BCUT2D eigenvalue weighted by molar-refractivity contribution is 6.14. The van der Waals surface area contributed by atoms with Crippen LogP contribution >= 0.6 is 12.4 Å². The van der Waals surface area contributed by atoms with Gasteiger partial charge in [-0.3, -0.25) is 9.69 Å². The monoisotopic (exact) mass is 534 g/mol. The summed E-state index contributed by atoms with van der Waals surface area (Å²) in [6.45, 7) is 5.94. The maximum absolute atomic E-state index is 13.7. The standard InChI is InChI=1S/C31H34N2O4.ClH/c1-2-26-27-15-12-24(35)20-28(27)30(29(26)21-6-10-23(34)11-7-21)31(36)32-22-8-13-25(14-9-22)37-19-18-33-16-4-3-5-17-33;/h6-15,20,30,34-35H,2-5,16-19H2,1H3,(H,32,36);1H. The first-order valence-corrected chi connectivity index (χ1v) is 13.2. The third-order valence-corrected chi connectivity index (χ3v) is 7.33. The van der Waals surface area contributed by atoms with Crippen LogP contribution in [0.4, 0.5) is 5.69 Å². The van der Waals surface area contributed by atoms with E-state index in [4.69, 9.17) is 4.74 Å². The fourth-order valence-corrected chi connectivity index (χ4v) is 5.50. The van der Waals surface area contributed by atoms with Crippen molar-refractivity contribution in [3.8, 4) is 17.2 Å². The molecular formula is C31H35ClN2O4. The Morgan fingerprint density at radius 1 is 0.947 bits per heavy atom. The van der Waals surface area contributed by atoms with Crippen LogP contribution in [0.15, 0.2) is 66.7 Å². The largest absolute Gasteiger partial charge is 0.508 e. The van der Waals surface area contributed by atoms with Crippen LogP contribution in [0.25, 0.3) is 11.1 Å². The van der Waals surface area contributed by atoms with Crippen LogP contribution in [0.5, 0.6) is 17.2 Å². The summed E-state index contributed by atoms with van der Waals surface area (Å²) in [7, 11) is 0. The molecule has 0 bridgehead atoms. The van der Waals surface area contributed by atoms with Crippen LogP contribution in [0.1, 0.15) is 55.2 Å². The van der Waals surface area contributed by atoms with Crippen molar-refractivity contribution in [2.45, 2.75) is 38.5 Å². The van der Waals surface area contributed by atoms with Crippen molar-refractivity contribution in [3.05, 3.63) is 83.4 Å². The Morgan fingerprint density at radius 3 is 2.32 bits per heavy atom. The molecule has 3 N–H and O–H groups in total. The molecule has 1 aliphatic heterocycles. The zero-order valence-corrected chi connectivity index (χ0v) is 22.5. The minimum Gasteiger partial charge on any atom is -0.508 e. The number of halogens is 1. The highest BCUT2D eigenvalue weighted by Gasteiger charge is 2.36. The number of benzene rings is 3. The highest BCUT2D eigenvalue weighted by Crippen LogP contribution is 2.49. The van der Waals surface area contributed by atoms with E-state index in [0.717, 1.165) is 59.6 Å². The summed E-state index contributed by atoms with van der Waals surface area (Å²) in [6, 6.07) is 19.6. The summed E-state index contributed by atoms with van der Waals surface area (Å²) < 4.78 is 5.93. The summed E-state index contributed by atoms with van der Waals surface area (Å²) in [5.74, 6) is 0.336. The number of carbonyl (C=O) groups is 1. The van der Waals surface area contributed by atoms with Crippen molar-refractivity contribution < 1.29 is 19.7 Å². The molecule has 6 nitrogen and oxygen atoms in total. The maximum Gasteiger partial charge on any atom is 0.236 e. The number of fused-ring (bicyclic) bond motifs is 1. The molecule has 1 atom stereocenters. The molecule has 1 heterocycles. The number of nitrogens with one attached hydrogen (secondary N) is 1. The average Bonchev–Trinajstić information content (AvgIpc) is 3.24. The number of piperidine rings is 1. The first-order valence-electron chi connectivity index (χ1n) is 13.2. The second-order valence-corrected chi connectivity index (χ2v) is 9.76. The van der Waals surface area contributed by atoms with Crippen LogP contribution in [0.2, 0.25) is 0 Å². The molecule has 2 aliphatic rings. The van der Waals surface area contributed by atoms with E-state index in [1.54, 1.807) is 24.3 Å². The van der Waals surface area contributed by atoms with Crippen molar-refractivity contribution in [1.29, 1.82) is 0 Å². The second kappa shape index (κ2) is 12.4. The molecule has 3 aromatic carbocycles. The molecule has 0 spiro atoms. The zero-order valence-electron chi connectivity index (χ0n) is 21.7. The topological polar surface area (TPSA) is 82.0 Å². The lowest BCUT2D eigenvalue weighted by Crippen LogP contribution is -2.33. The number of carbonyl (C=O) groups excluding carboxylic acids is 1. The average molecular weight is 535 g/mol. The quantitative estimate of drug-likeness (QED) is 0.310. The molecular weight excluding hydrogens is 500 g/mol. The van der Waals surface area contributed by atoms with E-state index < -0.39 is 5.92 Å². The van der Waals surface area contributed by atoms with E-state index in [0.29, 0.717) is 12.3 Å². The second-order valence-electron chi connectivity index (χ2n) is 9.76. The molecule has 0 saturated carbocycles. The summed E-state index contributed by atoms with van der Waals surface area (Å²) in [5.41, 5.74) is 5.29. The number of amides is 1. The Kier molecular flexibility index (Phi) is 8.97. The van der Waals surface area contributed by atoms with Gasteiger partial charge in [0.05, 0.1) is 5.92 Å². The molecule has 5 rings (SSSR count). The van der Waals surface area contributed by atoms with Crippen molar-refractivity contribution in [1.82, 2.24) is 4.90 Å². The zero-order chi connectivity index (χ0) is 25.8. The SMILES string of the molecule is CCC1=C(c2ccc(O)cc2)C(C(=O)Nc2ccc(OCCN3CCCCC3)cc2)c2cc(O)ccc21.Cl. The number of likely N-dealkylation sites (tertiary alicyclic amines) is 1. The Hall–Kier alpha value is -3.48. The molecule has 3 aromatic rings. The third-order valence-electron chi connectivity index (χ3n) is 7.33. The Morgan fingerprint density at radius 2 is 1.63 bits per heavy atom. The van der Waals surface area contributed by atoms with Gasteiger partial charge < -0.3 is 20.3 Å². The van der Waals surface area contributed by atoms with Crippen LogP contribution in [-0.2, 0) is 4.79 Å². The fourth-order valence-electron chi connectivity index (χ4n) is 5.50. The molecule has 1 aliphatic carbocycles. The van der Waals surface area contributed by atoms with Crippen LogP contribution < -0.4 is 10.1 Å². The van der Waals surface area contributed by atoms with Gasteiger partial charge in [0.2, 0.25) is 5.91 Å². The van der Waals surface area contributed by atoms with Crippen LogP contribution in [0.3, 0.4) is 0 Å². The molecule has 38 heavy (non-hydrogen) atoms. The minimum atomic E-state index is -0.581. The Balaban J connectivity index is 0.00000336. The van der Waals surface area contributed by atoms with E-state index >= 15 is 0 Å². The molecule has 1 amide bonds. The van der Waals surface area contributed by atoms with Gasteiger partial charge in [-0.25, -0.2) is 0 Å². The van der Waals surface area contributed by atoms with Crippen LogP contribution in [-0.4, -0.2) is 47.3 Å². The summed E-state index contributed by atoms with van der Waals surface area (Å²) >= 11 is 0. The van der Waals surface area contributed by atoms with Gasteiger partial charge >= 0.3 is 0 Å². The summed E-state index contributed by atoms with van der Waals surface area (Å²) in [4.78, 5) is 16.2. The summed E-state index contributed by atoms with van der Waals surface area (Å²) in [5, 5.41) is 23.1. The Labute approximate surface area is 230 Å². The first-order chi connectivity index (χ1) is 18.0. The number of phenols is 2. The lowest BCUT2D eigenvalue weighted by molar-refractivity contribution is -0.116. The number of phenolic OH excluding ortho intramolecular Hbond substituents is 2. The van der Waals surface area contributed by atoms with Crippen molar-refractivity contribution in [2.75, 3.05) is 31.6 Å². The van der Waals surface area contributed by atoms with E-state index in [9.17, 15) is 15.0 Å². The summed E-state index contributed by atoms with van der Waals surface area (Å²) in [6.07, 6.45) is 4.59. The van der Waals surface area contributed by atoms with Gasteiger partial charge in [0.25, 0.3) is 0 Å². The predicted molar refractivity (Wildman–Crippen MR) is 154 cm³/mol. The number of allylic oxidation sites excluding steroid dienone is 1. The van der Waals surface area contributed by atoms with E-state index in [1.807, 2.05) is 42.5 Å². The highest BCUT2D eigenvalue weighted by atomic mass is 35.5. The lowest BCUT2D eigenvalue weighted by atomic mass is 9.89. The third kappa shape index (κ3) is 5.98. The number of nitrogens with zero attached hydrogens (tertiary/aromatic N) is 1. The Bertz CT molecular complexity index is 1280. The number of aromatic hydroxyl groups is 2. The predicted octanol–water partition coefficient (Wildman–Crippen LogP) is 6.44. The van der Waals surface area contributed by atoms with Gasteiger partial charge in [-0.1, -0.05) is 31.5 Å². The molecule has 200 valence electrons. The van der Waals surface area contributed by atoms with E-state index in [2.05, 4.69) is 17.1 Å². The van der Waals surface area contributed by atoms with Crippen molar-refractivity contribution in [3.63, 3.8) is 0 Å². The number of hydrogen-bond donors (Lipinski definition) is 3. The van der Waals surface area contributed by atoms with Crippen LogP contribution in [0, 0.1) is 0 Å². The number of rotatable bonds is 8. The molecule has 1 fully saturated rings. The van der Waals surface area contributed by atoms with Gasteiger partial charge in [-0.15, -0.1) is 12.4 Å². The normalized spacial score (nSPS) is 17.0. The van der Waals surface area contributed by atoms with E-state index in [-0.39, 0.29) is 29.8 Å². The van der Waals surface area contributed by atoms with Gasteiger partial charge in [0.1, 0.15) is 23.9 Å². The maximum atomic E-state index is 13.7. The molecule has 0 aromatic heterocycles. The van der Waals surface area contributed by atoms with Crippen molar-refractivity contribution >= 4 is 35.1 Å². The smallest absolute Gasteiger partial charge is 0.236 e. The van der Waals surface area contributed by atoms with Gasteiger partial charge in [0, 0.05) is 12.2 Å². The molecule has 7 heteroatoms. The van der Waals surface area contributed by atoms with Gasteiger partial charge in [-0.05, 0) is 109 Å². The fraction of sp³-hybridized carbons (Fsp3) is 0.323. The number of ether oxygens (including phenoxy) is 1. The first kappa shape index (κ1) is 27.6. The number of hydrogen-bond acceptors (Lipinski definition) is 5. The van der Waals surface area contributed by atoms with Crippen molar-refractivity contribution in [2.24, 2.45) is 0 Å². The van der Waals surface area contributed by atoms with Gasteiger partial charge in [-0.2, -0.15) is 0 Å². The molecule has 1 unspecified atom stereocenters. The molecule has 1 saturated heterocycles. The van der Waals surface area contributed by atoms with Gasteiger partial charge in [0.15, 0.2) is 0 Å². The molecule has 0 radical (unpaired) electrons.